The minimum atomic E-state index is 0.812. The second-order valence-electron chi connectivity index (χ2n) is 2.22. The fourth-order valence-corrected chi connectivity index (χ4v) is 1.28. The van der Waals surface area contributed by atoms with E-state index in [0.29, 0.717) is 0 Å². The van der Waals surface area contributed by atoms with Crippen LogP contribution in [0.5, 0.6) is 0 Å². The van der Waals surface area contributed by atoms with Crippen molar-refractivity contribution in [2.24, 2.45) is 5.92 Å². The normalized spacial score (nSPS) is 28.9. The zero-order chi connectivity index (χ0) is 5.82. The van der Waals surface area contributed by atoms with E-state index >= 15 is 0 Å². The van der Waals surface area contributed by atoms with Crippen LogP contribution in [0.15, 0.2) is 0 Å². The maximum Gasteiger partial charge on any atom is 0.00971 e. The van der Waals surface area contributed by atoms with Gasteiger partial charge in [0.05, 0.1) is 0 Å². The van der Waals surface area contributed by atoms with Gasteiger partial charge >= 0.3 is 0 Å². The highest BCUT2D eigenvalue weighted by molar-refractivity contribution is 7.78. The van der Waals surface area contributed by atoms with Crippen LogP contribution < -0.4 is 10.0 Å². The van der Waals surface area contributed by atoms with Crippen LogP contribution >= 0.6 is 12.8 Å². The van der Waals surface area contributed by atoms with Crippen molar-refractivity contribution >= 4 is 12.8 Å². The molecular weight excluding hydrogens is 120 g/mol. The van der Waals surface area contributed by atoms with Crippen LogP contribution in [0.2, 0.25) is 0 Å². The summed E-state index contributed by atoms with van der Waals surface area (Å²) in [5.74, 6) is 0.812. The molecule has 1 saturated heterocycles. The molecule has 1 aliphatic rings. The quantitative estimate of drug-likeness (QED) is 0.462. The summed E-state index contributed by atoms with van der Waals surface area (Å²) < 4.78 is 2.86. The van der Waals surface area contributed by atoms with Crippen molar-refractivity contribution in [3.63, 3.8) is 0 Å². The van der Waals surface area contributed by atoms with Gasteiger partial charge in [0.15, 0.2) is 0 Å². The molecule has 0 spiro atoms. The Balaban J connectivity index is 2.06. The lowest BCUT2D eigenvalue weighted by molar-refractivity contribution is 0.579. The lowest BCUT2D eigenvalue weighted by Gasteiger charge is -2.03. The summed E-state index contributed by atoms with van der Waals surface area (Å²) in [7, 11) is 0. The number of hydrogen-bond donors (Lipinski definition) is 3. The molecule has 0 radical (unpaired) electrons. The Kier molecular flexibility index (Phi) is 2.66. The second-order valence-corrected chi connectivity index (χ2v) is 2.54. The fourth-order valence-electron chi connectivity index (χ4n) is 1.02. The molecule has 2 nitrogen and oxygen atoms in total. The first-order valence-corrected chi connectivity index (χ1v) is 3.46. The summed E-state index contributed by atoms with van der Waals surface area (Å²) in [6, 6.07) is 0. The Morgan fingerprint density at radius 1 is 1.75 bits per heavy atom. The Morgan fingerprint density at radius 3 is 3.12 bits per heavy atom. The Labute approximate surface area is 55.6 Å². The van der Waals surface area contributed by atoms with Gasteiger partial charge in [-0.15, -0.1) is 0 Å². The van der Waals surface area contributed by atoms with Gasteiger partial charge in [0.25, 0.3) is 0 Å². The average Bonchev–Trinajstić information content (AvgIpc) is 2.19. The van der Waals surface area contributed by atoms with Crippen LogP contribution in [0.3, 0.4) is 0 Å². The van der Waals surface area contributed by atoms with Gasteiger partial charge in [0, 0.05) is 6.54 Å². The zero-order valence-corrected chi connectivity index (χ0v) is 5.75. The third kappa shape index (κ3) is 1.65. The van der Waals surface area contributed by atoms with E-state index in [-0.39, 0.29) is 0 Å². The molecule has 0 saturated carbocycles. The first kappa shape index (κ1) is 6.39. The minimum Gasteiger partial charge on any atom is -0.316 e. The summed E-state index contributed by atoms with van der Waals surface area (Å²) in [5, 5.41) is 3.28. The molecule has 2 N–H and O–H groups in total. The first-order valence-electron chi connectivity index (χ1n) is 3.01. The molecule has 0 bridgehead atoms. The monoisotopic (exact) mass is 132 g/mol. The maximum absolute atomic E-state index is 3.92. The van der Waals surface area contributed by atoms with E-state index in [0.717, 1.165) is 19.0 Å². The van der Waals surface area contributed by atoms with Crippen molar-refractivity contribution in [2.75, 3.05) is 19.6 Å². The van der Waals surface area contributed by atoms with E-state index in [1.807, 2.05) is 0 Å². The summed E-state index contributed by atoms with van der Waals surface area (Å²) in [6.45, 7) is 3.38. The molecule has 0 aromatic heterocycles. The zero-order valence-electron chi connectivity index (χ0n) is 4.85. The second kappa shape index (κ2) is 3.33. The smallest absolute Gasteiger partial charge is 0.00971 e. The van der Waals surface area contributed by atoms with Gasteiger partial charge in [-0.2, -0.15) is 0 Å². The highest BCUT2D eigenvalue weighted by Gasteiger charge is 2.12. The van der Waals surface area contributed by atoms with Crippen molar-refractivity contribution in [3.8, 4) is 0 Å². The van der Waals surface area contributed by atoms with Crippen molar-refractivity contribution in [1.29, 1.82) is 0 Å². The SMILES string of the molecule is SNCC1CCNC1. The Bertz CT molecular complexity index is 61.4. The topological polar surface area (TPSA) is 24.1 Å². The lowest BCUT2D eigenvalue weighted by atomic mass is 10.1. The molecule has 3 heteroatoms. The summed E-state index contributed by atoms with van der Waals surface area (Å²) >= 11 is 3.92. The van der Waals surface area contributed by atoms with Gasteiger partial charge in [-0.1, -0.05) is 12.8 Å². The van der Waals surface area contributed by atoms with Crippen LogP contribution in [-0.4, -0.2) is 19.6 Å². The first-order chi connectivity index (χ1) is 3.93. The van der Waals surface area contributed by atoms with Crippen LogP contribution in [-0.2, 0) is 0 Å². The highest BCUT2D eigenvalue weighted by Crippen LogP contribution is 2.04. The van der Waals surface area contributed by atoms with Crippen LogP contribution in [0.1, 0.15) is 6.42 Å². The standard InChI is InChI=1S/C5H12N2S/c8-7-4-5-1-2-6-3-5/h5-8H,1-4H2. The van der Waals surface area contributed by atoms with Crippen molar-refractivity contribution < 1.29 is 0 Å². The lowest BCUT2D eigenvalue weighted by Crippen LogP contribution is -2.17. The molecule has 0 amide bonds. The van der Waals surface area contributed by atoms with Crippen LogP contribution in [0.4, 0.5) is 0 Å². The summed E-state index contributed by atoms with van der Waals surface area (Å²) in [4.78, 5) is 0. The van der Waals surface area contributed by atoms with E-state index in [2.05, 4.69) is 22.9 Å². The van der Waals surface area contributed by atoms with Crippen molar-refractivity contribution in [1.82, 2.24) is 10.0 Å². The van der Waals surface area contributed by atoms with Gasteiger partial charge in [0.2, 0.25) is 0 Å². The van der Waals surface area contributed by atoms with Gasteiger partial charge < -0.3 is 5.32 Å². The summed E-state index contributed by atoms with van der Waals surface area (Å²) in [6.07, 6.45) is 1.30. The molecule has 1 atom stereocenters. The minimum absolute atomic E-state index is 0.812. The van der Waals surface area contributed by atoms with Gasteiger partial charge in [-0.05, 0) is 25.4 Å². The molecule has 0 aromatic carbocycles. The third-order valence-electron chi connectivity index (χ3n) is 1.54. The number of nitrogens with one attached hydrogen (secondary N) is 2. The molecule has 8 heavy (non-hydrogen) atoms. The molecule has 48 valence electrons. The Hall–Kier alpha value is 0.270. The number of thiol groups is 1. The maximum atomic E-state index is 3.92. The molecule has 1 aliphatic heterocycles. The predicted octanol–water partition coefficient (Wildman–Crippen LogP) is 0.0303. The molecule has 0 aromatic rings. The fraction of sp³-hybridized carbons (Fsp3) is 1.00. The van der Waals surface area contributed by atoms with E-state index < -0.39 is 0 Å². The van der Waals surface area contributed by atoms with E-state index in [1.54, 1.807) is 0 Å². The van der Waals surface area contributed by atoms with E-state index in [1.165, 1.54) is 13.0 Å². The molecule has 1 unspecified atom stereocenters. The summed E-state index contributed by atoms with van der Waals surface area (Å²) in [5.41, 5.74) is 0. The number of hydrogen-bond acceptors (Lipinski definition) is 3. The van der Waals surface area contributed by atoms with Gasteiger partial charge in [0.1, 0.15) is 0 Å². The van der Waals surface area contributed by atoms with E-state index in [4.69, 9.17) is 0 Å². The predicted molar refractivity (Wildman–Crippen MR) is 38.0 cm³/mol. The van der Waals surface area contributed by atoms with E-state index in [9.17, 15) is 0 Å². The average molecular weight is 132 g/mol. The van der Waals surface area contributed by atoms with Crippen LogP contribution in [0, 0.1) is 5.92 Å². The molecule has 1 heterocycles. The molecule has 1 rings (SSSR count). The van der Waals surface area contributed by atoms with Gasteiger partial charge in [-0.3, -0.25) is 4.72 Å². The molecular formula is C5H12N2S. The largest absolute Gasteiger partial charge is 0.316 e. The van der Waals surface area contributed by atoms with Crippen LogP contribution in [0.25, 0.3) is 0 Å². The van der Waals surface area contributed by atoms with Crippen molar-refractivity contribution in [2.45, 2.75) is 6.42 Å². The molecule has 1 fully saturated rings. The van der Waals surface area contributed by atoms with Gasteiger partial charge in [-0.25, -0.2) is 0 Å². The highest BCUT2D eigenvalue weighted by atomic mass is 32.1. The number of rotatable bonds is 2. The molecule has 0 aliphatic carbocycles. The Morgan fingerprint density at radius 2 is 2.62 bits per heavy atom. The third-order valence-corrected chi connectivity index (χ3v) is 1.72. The van der Waals surface area contributed by atoms with Crippen molar-refractivity contribution in [3.05, 3.63) is 0 Å².